The van der Waals surface area contributed by atoms with E-state index in [1.807, 2.05) is 11.8 Å². The van der Waals surface area contributed by atoms with Crippen molar-refractivity contribution in [3.05, 3.63) is 28.8 Å². The fourth-order valence-corrected chi connectivity index (χ4v) is 3.55. The number of hydrogen-bond donors (Lipinski definition) is 2. The number of carbonyl (C=O) groups is 1. The van der Waals surface area contributed by atoms with Gasteiger partial charge in [-0.1, -0.05) is 18.0 Å². The Morgan fingerprint density at radius 3 is 2.89 bits per heavy atom. The number of nitrogen functional groups attached to an aromatic ring is 1. The van der Waals surface area contributed by atoms with Crippen LogP contribution in [-0.4, -0.2) is 23.5 Å². The van der Waals surface area contributed by atoms with E-state index in [4.69, 9.17) is 17.3 Å². The van der Waals surface area contributed by atoms with Gasteiger partial charge in [0.05, 0.1) is 0 Å². The Labute approximate surface area is 116 Å². The minimum atomic E-state index is -0.0878. The van der Waals surface area contributed by atoms with Crippen LogP contribution in [0.15, 0.2) is 18.2 Å². The van der Waals surface area contributed by atoms with E-state index in [0.29, 0.717) is 21.5 Å². The van der Waals surface area contributed by atoms with E-state index in [1.54, 1.807) is 18.2 Å². The average molecular weight is 285 g/mol. The summed E-state index contributed by atoms with van der Waals surface area (Å²) in [5, 5.41) is 4.09. The van der Waals surface area contributed by atoms with Gasteiger partial charge in [-0.15, -0.1) is 0 Å². The summed E-state index contributed by atoms with van der Waals surface area (Å²) >= 11 is 7.72. The van der Waals surface area contributed by atoms with Crippen molar-refractivity contribution in [2.45, 2.75) is 30.6 Å². The standard InChI is InChI=1S/C13H17ClN2OS/c1-18-12-4-2-3-11(12)16-13(17)8-5-9(14)7-10(15)6-8/h5-7,11-12H,2-4,15H2,1H3,(H,16,17). The Morgan fingerprint density at radius 1 is 1.44 bits per heavy atom. The van der Waals surface area contributed by atoms with Crippen LogP contribution in [0.5, 0.6) is 0 Å². The number of nitrogens with one attached hydrogen (secondary N) is 1. The second-order valence-electron chi connectivity index (χ2n) is 4.56. The molecule has 98 valence electrons. The number of hydrogen-bond acceptors (Lipinski definition) is 3. The number of nitrogens with two attached hydrogens (primary N) is 1. The molecule has 3 N–H and O–H groups in total. The summed E-state index contributed by atoms with van der Waals surface area (Å²) in [6.45, 7) is 0. The van der Waals surface area contributed by atoms with Crippen LogP contribution >= 0.6 is 23.4 Å². The fraction of sp³-hybridized carbons (Fsp3) is 0.462. The van der Waals surface area contributed by atoms with Gasteiger partial charge in [-0.3, -0.25) is 4.79 Å². The lowest BCUT2D eigenvalue weighted by molar-refractivity contribution is 0.0938. The molecule has 0 aromatic heterocycles. The monoisotopic (exact) mass is 284 g/mol. The lowest BCUT2D eigenvalue weighted by atomic mass is 10.1. The molecule has 2 rings (SSSR count). The van der Waals surface area contributed by atoms with Crippen molar-refractivity contribution < 1.29 is 4.79 Å². The lowest BCUT2D eigenvalue weighted by Crippen LogP contribution is -2.38. The highest BCUT2D eigenvalue weighted by Crippen LogP contribution is 2.28. The van der Waals surface area contributed by atoms with Crippen molar-refractivity contribution in [2.75, 3.05) is 12.0 Å². The molecular weight excluding hydrogens is 268 g/mol. The van der Waals surface area contributed by atoms with Crippen LogP contribution in [0.25, 0.3) is 0 Å². The van der Waals surface area contributed by atoms with Gasteiger partial charge in [0.2, 0.25) is 0 Å². The maximum Gasteiger partial charge on any atom is 0.251 e. The number of carbonyl (C=O) groups excluding carboxylic acids is 1. The highest BCUT2D eigenvalue weighted by molar-refractivity contribution is 7.99. The van der Waals surface area contributed by atoms with Gasteiger partial charge in [0, 0.05) is 27.6 Å². The van der Waals surface area contributed by atoms with Crippen molar-refractivity contribution >= 4 is 35.0 Å². The molecule has 0 aliphatic heterocycles. The third kappa shape index (κ3) is 3.12. The maximum atomic E-state index is 12.1. The molecule has 1 saturated carbocycles. The molecule has 0 radical (unpaired) electrons. The Hall–Kier alpha value is -0.870. The van der Waals surface area contributed by atoms with Gasteiger partial charge >= 0.3 is 0 Å². The Bertz CT molecular complexity index is 432. The zero-order valence-corrected chi connectivity index (χ0v) is 11.9. The van der Waals surface area contributed by atoms with Crippen molar-refractivity contribution in [3.63, 3.8) is 0 Å². The van der Waals surface area contributed by atoms with E-state index in [9.17, 15) is 4.79 Å². The first-order valence-electron chi connectivity index (χ1n) is 6.00. The zero-order chi connectivity index (χ0) is 13.1. The van der Waals surface area contributed by atoms with Crippen LogP contribution in [0.1, 0.15) is 29.6 Å². The molecule has 1 aliphatic carbocycles. The molecule has 1 aromatic carbocycles. The first-order chi connectivity index (χ1) is 8.60. The van der Waals surface area contributed by atoms with Crippen molar-refractivity contribution in [1.29, 1.82) is 0 Å². The summed E-state index contributed by atoms with van der Waals surface area (Å²) in [4.78, 5) is 12.1. The van der Waals surface area contributed by atoms with E-state index in [0.717, 1.165) is 6.42 Å². The van der Waals surface area contributed by atoms with Gasteiger partial charge < -0.3 is 11.1 Å². The van der Waals surface area contributed by atoms with Gasteiger partial charge in [-0.05, 0) is 37.3 Å². The molecule has 1 amide bonds. The second-order valence-corrected chi connectivity index (χ2v) is 6.07. The average Bonchev–Trinajstić information content (AvgIpc) is 2.75. The van der Waals surface area contributed by atoms with Crippen LogP contribution in [-0.2, 0) is 0 Å². The number of benzene rings is 1. The van der Waals surface area contributed by atoms with Crippen molar-refractivity contribution in [2.24, 2.45) is 0 Å². The van der Waals surface area contributed by atoms with Crippen molar-refractivity contribution in [3.8, 4) is 0 Å². The van der Waals surface area contributed by atoms with E-state index in [1.165, 1.54) is 12.8 Å². The smallest absolute Gasteiger partial charge is 0.251 e. The van der Waals surface area contributed by atoms with Gasteiger partial charge in [-0.2, -0.15) is 11.8 Å². The number of anilines is 1. The number of thioether (sulfide) groups is 1. The molecule has 5 heteroatoms. The minimum Gasteiger partial charge on any atom is -0.399 e. The SMILES string of the molecule is CSC1CCCC1NC(=O)c1cc(N)cc(Cl)c1. The molecule has 0 spiro atoms. The number of halogens is 1. The van der Waals surface area contributed by atoms with Crippen LogP contribution in [0.3, 0.4) is 0 Å². The fourth-order valence-electron chi connectivity index (χ4n) is 2.37. The molecule has 2 unspecified atom stereocenters. The predicted octanol–water partition coefficient (Wildman–Crippen LogP) is 2.94. The van der Waals surface area contributed by atoms with Crippen LogP contribution in [0.4, 0.5) is 5.69 Å². The van der Waals surface area contributed by atoms with E-state index >= 15 is 0 Å². The largest absolute Gasteiger partial charge is 0.399 e. The third-order valence-corrected chi connectivity index (χ3v) is 4.64. The number of amides is 1. The van der Waals surface area contributed by atoms with Crippen molar-refractivity contribution in [1.82, 2.24) is 5.32 Å². The maximum absolute atomic E-state index is 12.1. The first-order valence-corrected chi connectivity index (χ1v) is 7.66. The van der Waals surface area contributed by atoms with Gasteiger partial charge in [-0.25, -0.2) is 0 Å². The molecule has 18 heavy (non-hydrogen) atoms. The molecular formula is C13H17ClN2OS. The summed E-state index contributed by atoms with van der Waals surface area (Å²) in [7, 11) is 0. The summed E-state index contributed by atoms with van der Waals surface area (Å²) in [6.07, 6.45) is 5.48. The molecule has 3 nitrogen and oxygen atoms in total. The van der Waals surface area contributed by atoms with E-state index in [-0.39, 0.29) is 11.9 Å². The normalized spacial score (nSPS) is 23.0. The predicted molar refractivity (Wildman–Crippen MR) is 78.3 cm³/mol. The number of rotatable bonds is 3. The second kappa shape index (κ2) is 5.85. The quantitative estimate of drug-likeness (QED) is 0.839. The molecule has 0 bridgehead atoms. The Kier molecular flexibility index (Phi) is 4.40. The highest BCUT2D eigenvalue weighted by Gasteiger charge is 2.28. The molecule has 0 heterocycles. The summed E-state index contributed by atoms with van der Waals surface area (Å²) < 4.78 is 0. The van der Waals surface area contributed by atoms with E-state index < -0.39 is 0 Å². The molecule has 0 saturated heterocycles. The summed E-state index contributed by atoms with van der Waals surface area (Å²) in [5.41, 5.74) is 6.74. The molecule has 2 atom stereocenters. The summed E-state index contributed by atoms with van der Waals surface area (Å²) in [5.74, 6) is -0.0878. The third-order valence-electron chi connectivity index (χ3n) is 3.25. The molecule has 1 aromatic rings. The Balaban J connectivity index is 2.07. The van der Waals surface area contributed by atoms with Gasteiger partial charge in [0.1, 0.15) is 0 Å². The topological polar surface area (TPSA) is 55.1 Å². The van der Waals surface area contributed by atoms with Crippen LogP contribution in [0.2, 0.25) is 5.02 Å². The Morgan fingerprint density at radius 2 is 2.22 bits per heavy atom. The molecule has 1 fully saturated rings. The minimum absolute atomic E-state index is 0.0878. The van der Waals surface area contributed by atoms with Crippen LogP contribution < -0.4 is 11.1 Å². The first kappa shape index (κ1) is 13.6. The zero-order valence-electron chi connectivity index (χ0n) is 10.3. The highest BCUT2D eigenvalue weighted by atomic mass is 35.5. The summed E-state index contributed by atoms with van der Waals surface area (Å²) in [6, 6.07) is 5.20. The van der Waals surface area contributed by atoms with E-state index in [2.05, 4.69) is 11.6 Å². The van der Waals surface area contributed by atoms with Crippen LogP contribution in [0, 0.1) is 0 Å². The van der Waals surface area contributed by atoms with Gasteiger partial charge in [0.15, 0.2) is 0 Å². The molecule has 1 aliphatic rings. The lowest BCUT2D eigenvalue weighted by Gasteiger charge is -2.19. The van der Waals surface area contributed by atoms with Gasteiger partial charge in [0.25, 0.3) is 5.91 Å².